The lowest BCUT2D eigenvalue weighted by atomic mass is 10.1. The first-order valence-electron chi connectivity index (χ1n) is 7.66. The van der Waals surface area contributed by atoms with E-state index in [9.17, 15) is 10.1 Å². The normalized spacial score (nSPS) is 11.1. The summed E-state index contributed by atoms with van der Waals surface area (Å²) < 4.78 is 6.91. The second kappa shape index (κ2) is 6.85. The van der Waals surface area contributed by atoms with E-state index in [2.05, 4.69) is 15.1 Å². The van der Waals surface area contributed by atoms with Gasteiger partial charge in [0.2, 0.25) is 11.7 Å². The van der Waals surface area contributed by atoms with Gasteiger partial charge in [-0.25, -0.2) is 4.98 Å². The number of hydrogen-bond donors (Lipinski definition) is 0. The first kappa shape index (κ1) is 16.7. The average molecular weight is 384 g/mol. The van der Waals surface area contributed by atoms with Crippen molar-refractivity contribution < 1.29 is 9.45 Å². The molecule has 26 heavy (non-hydrogen) atoms. The molecule has 0 aliphatic heterocycles. The van der Waals surface area contributed by atoms with Crippen LogP contribution in [0.15, 0.2) is 51.3 Å². The molecule has 0 fully saturated rings. The summed E-state index contributed by atoms with van der Waals surface area (Å²) in [4.78, 5) is 19.4. The lowest BCUT2D eigenvalue weighted by Gasteiger charge is -1.97. The number of non-ortho nitro benzene ring substituents is 1. The quantitative estimate of drug-likeness (QED) is 0.275. The first-order chi connectivity index (χ1) is 12.6. The number of thiazole rings is 1. The van der Waals surface area contributed by atoms with Crippen LogP contribution in [-0.2, 0) is 5.75 Å². The van der Waals surface area contributed by atoms with Gasteiger partial charge in [0.05, 0.1) is 20.9 Å². The minimum absolute atomic E-state index is 0.0671. The average Bonchev–Trinajstić information content (AvgIpc) is 3.26. The van der Waals surface area contributed by atoms with E-state index in [1.807, 2.05) is 31.2 Å². The number of benzene rings is 2. The minimum Gasteiger partial charge on any atom is -0.338 e. The van der Waals surface area contributed by atoms with Gasteiger partial charge < -0.3 is 4.52 Å². The summed E-state index contributed by atoms with van der Waals surface area (Å²) in [6.07, 6.45) is 0. The molecule has 0 saturated carbocycles. The fourth-order valence-corrected chi connectivity index (χ4v) is 4.38. The molecular formula is C17H12N4O3S2. The fourth-order valence-electron chi connectivity index (χ4n) is 2.44. The van der Waals surface area contributed by atoms with Gasteiger partial charge in [-0.05, 0) is 18.6 Å². The summed E-state index contributed by atoms with van der Waals surface area (Å²) in [6.45, 7) is 2.00. The Morgan fingerprint density at radius 3 is 2.88 bits per heavy atom. The van der Waals surface area contributed by atoms with Crippen molar-refractivity contribution in [3.05, 3.63) is 64.0 Å². The van der Waals surface area contributed by atoms with Crippen molar-refractivity contribution in [3.8, 4) is 11.4 Å². The van der Waals surface area contributed by atoms with Gasteiger partial charge in [0.25, 0.3) is 5.69 Å². The molecule has 0 saturated heterocycles. The summed E-state index contributed by atoms with van der Waals surface area (Å²) in [5.41, 5.74) is 2.84. The molecule has 9 heteroatoms. The highest BCUT2D eigenvalue weighted by Crippen LogP contribution is 2.33. The van der Waals surface area contributed by atoms with Crippen molar-refractivity contribution >= 4 is 39.0 Å². The standard InChI is InChI=1S/C17H12N4O3S2/c1-10-4-2-3-5-12(10)16-19-15(24-20-16)9-25-17-18-13-7-6-11(21(22)23)8-14(13)26-17/h2-8H,9H2,1H3. The number of aryl methyl sites for hydroxylation is 1. The fraction of sp³-hybridized carbons (Fsp3) is 0.118. The Hall–Kier alpha value is -2.78. The monoisotopic (exact) mass is 384 g/mol. The van der Waals surface area contributed by atoms with Crippen LogP contribution >= 0.6 is 23.1 Å². The highest BCUT2D eigenvalue weighted by molar-refractivity contribution is 8.00. The molecular weight excluding hydrogens is 372 g/mol. The first-order valence-corrected chi connectivity index (χ1v) is 9.47. The molecule has 0 bridgehead atoms. The van der Waals surface area contributed by atoms with E-state index >= 15 is 0 Å². The predicted molar refractivity (Wildman–Crippen MR) is 100 cm³/mol. The number of nitrogens with zero attached hydrogens (tertiary/aromatic N) is 4. The van der Waals surface area contributed by atoms with E-state index in [1.54, 1.807) is 12.1 Å². The van der Waals surface area contributed by atoms with Gasteiger partial charge in [-0.3, -0.25) is 10.1 Å². The van der Waals surface area contributed by atoms with Crippen molar-refractivity contribution in [2.45, 2.75) is 17.0 Å². The summed E-state index contributed by atoms with van der Waals surface area (Å²) in [5.74, 6) is 1.57. The van der Waals surface area contributed by atoms with Crippen molar-refractivity contribution in [1.82, 2.24) is 15.1 Å². The lowest BCUT2D eigenvalue weighted by molar-refractivity contribution is -0.384. The Kier molecular flexibility index (Phi) is 4.39. The molecule has 0 unspecified atom stereocenters. The third kappa shape index (κ3) is 3.31. The van der Waals surface area contributed by atoms with Crippen molar-refractivity contribution in [2.75, 3.05) is 0 Å². The van der Waals surface area contributed by atoms with Gasteiger partial charge in [-0.2, -0.15) is 4.98 Å². The summed E-state index contributed by atoms with van der Waals surface area (Å²) >= 11 is 2.88. The molecule has 4 rings (SSSR count). The Morgan fingerprint density at radius 2 is 2.08 bits per heavy atom. The van der Waals surface area contributed by atoms with Crippen molar-refractivity contribution in [1.29, 1.82) is 0 Å². The molecule has 2 heterocycles. The number of nitro benzene ring substituents is 1. The maximum absolute atomic E-state index is 10.9. The topological polar surface area (TPSA) is 95.0 Å². The molecule has 0 aliphatic carbocycles. The van der Waals surface area contributed by atoms with Crippen LogP contribution in [0.4, 0.5) is 5.69 Å². The van der Waals surface area contributed by atoms with Gasteiger partial charge in [-0.15, -0.1) is 11.3 Å². The van der Waals surface area contributed by atoms with Crippen molar-refractivity contribution in [3.63, 3.8) is 0 Å². The highest BCUT2D eigenvalue weighted by Gasteiger charge is 2.13. The number of rotatable bonds is 5. The molecule has 0 radical (unpaired) electrons. The number of nitro groups is 1. The molecule has 0 spiro atoms. The largest absolute Gasteiger partial charge is 0.338 e. The number of thioether (sulfide) groups is 1. The zero-order chi connectivity index (χ0) is 18.1. The van der Waals surface area contributed by atoms with Crippen LogP contribution in [0.5, 0.6) is 0 Å². The molecule has 0 aliphatic rings. The summed E-state index contributed by atoms with van der Waals surface area (Å²) in [7, 11) is 0. The lowest BCUT2D eigenvalue weighted by Crippen LogP contribution is -1.86. The summed E-state index contributed by atoms with van der Waals surface area (Å²) in [5, 5.41) is 14.9. The summed E-state index contributed by atoms with van der Waals surface area (Å²) in [6, 6.07) is 12.5. The van der Waals surface area contributed by atoms with E-state index in [-0.39, 0.29) is 5.69 Å². The van der Waals surface area contributed by atoms with Crippen molar-refractivity contribution in [2.24, 2.45) is 0 Å². The van der Waals surface area contributed by atoms with Gasteiger partial charge in [0, 0.05) is 17.7 Å². The Balaban J connectivity index is 1.50. The maximum atomic E-state index is 10.9. The highest BCUT2D eigenvalue weighted by atomic mass is 32.2. The van der Waals surface area contributed by atoms with E-state index in [0.717, 1.165) is 25.7 Å². The number of hydrogen-bond acceptors (Lipinski definition) is 8. The molecule has 4 aromatic rings. The second-order valence-corrected chi connectivity index (χ2v) is 7.76. The second-order valence-electron chi connectivity index (χ2n) is 5.50. The van der Waals surface area contributed by atoms with Crippen LogP contribution < -0.4 is 0 Å². The molecule has 0 amide bonds. The molecule has 2 aromatic carbocycles. The van der Waals surface area contributed by atoms with Crippen LogP contribution in [0.25, 0.3) is 21.6 Å². The molecule has 130 valence electrons. The number of fused-ring (bicyclic) bond motifs is 1. The SMILES string of the molecule is Cc1ccccc1-c1noc(CSc2nc3ccc([N+](=O)[O-])cc3s2)n1. The Labute approximate surface area is 156 Å². The maximum Gasteiger partial charge on any atom is 0.270 e. The predicted octanol–water partition coefficient (Wildman–Crippen LogP) is 4.86. The number of aromatic nitrogens is 3. The molecule has 7 nitrogen and oxygen atoms in total. The zero-order valence-electron chi connectivity index (χ0n) is 13.6. The van der Waals surface area contributed by atoms with E-state index in [4.69, 9.17) is 4.52 Å². The molecule has 2 aromatic heterocycles. The van der Waals surface area contributed by atoms with Crippen LogP contribution in [0.2, 0.25) is 0 Å². The third-order valence-corrected chi connectivity index (χ3v) is 5.88. The van der Waals surface area contributed by atoms with Crippen LogP contribution in [-0.4, -0.2) is 20.0 Å². The van der Waals surface area contributed by atoms with E-state index in [1.165, 1.54) is 29.2 Å². The van der Waals surface area contributed by atoms with Gasteiger partial charge in [0.1, 0.15) is 0 Å². The molecule has 0 N–H and O–H groups in total. The van der Waals surface area contributed by atoms with Crippen LogP contribution in [0.1, 0.15) is 11.5 Å². The smallest absolute Gasteiger partial charge is 0.270 e. The van der Waals surface area contributed by atoms with Crippen LogP contribution in [0, 0.1) is 17.0 Å². The zero-order valence-corrected chi connectivity index (χ0v) is 15.2. The van der Waals surface area contributed by atoms with Gasteiger partial charge in [-0.1, -0.05) is 41.2 Å². The van der Waals surface area contributed by atoms with Gasteiger partial charge in [0.15, 0.2) is 4.34 Å². The Morgan fingerprint density at radius 1 is 1.23 bits per heavy atom. The molecule has 0 atom stereocenters. The minimum atomic E-state index is -0.405. The van der Waals surface area contributed by atoms with E-state index in [0.29, 0.717) is 17.5 Å². The third-order valence-electron chi connectivity index (χ3n) is 3.74. The van der Waals surface area contributed by atoms with Crippen LogP contribution in [0.3, 0.4) is 0 Å². The van der Waals surface area contributed by atoms with Gasteiger partial charge >= 0.3 is 0 Å². The Bertz CT molecular complexity index is 1110. The van der Waals surface area contributed by atoms with E-state index < -0.39 is 4.92 Å².